The maximum atomic E-state index is 12.8. The van der Waals surface area contributed by atoms with E-state index in [1.807, 2.05) is 6.92 Å². The van der Waals surface area contributed by atoms with Crippen molar-refractivity contribution in [2.24, 2.45) is 0 Å². The molecule has 1 aromatic heterocycles. The van der Waals surface area contributed by atoms with E-state index in [1.54, 1.807) is 26.2 Å². The van der Waals surface area contributed by atoms with Crippen molar-refractivity contribution in [3.05, 3.63) is 63.5 Å². The fourth-order valence-electron chi connectivity index (χ4n) is 3.31. The number of hydrogen-bond acceptors (Lipinski definition) is 6. The molecule has 0 aliphatic heterocycles. The fourth-order valence-corrected chi connectivity index (χ4v) is 4.13. The SMILES string of the molecule is CCCc1c(OC)ccc2cc(C(=O)Nc3ccc(S(=O)(=O)NC)cc3C)c(=O)oc12. The van der Waals surface area contributed by atoms with Gasteiger partial charge in [-0.2, -0.15) is 0 Å². The Morgan fingerprint density at radius 1 is 1.16 bits per heavy atom. The summed E-state index contributed by atoms with van der Waals surface area (Å²) in [6, 6.07) is 9.29. The lowest BCUT2D eigenvalue weighted by Gasteiger charge is -2.12. The van der Waals surface area contributed by atoms with E-state index in [-0.39, 0.29) is 10.5 Å². The van der Waals surface area contributed by atoms with Crippen LogP contribution in [0.15, 0.2) is 50.5 Å². The summed E-state index contributed by atoms with van der Waals surface area (Å²) in [5.41, 5.74) is 1.20. The second-order valence-electron chi connectivity index (χ2n) is 7.00. The minimum absolute atomic E-state index is 0.0770. The van der Waals surface area contributed by atoms with E-state index in [4.69, 9.17) is 9.15 Å². The van der Waals surface area contributed by atoms with Crippen molar-refractivity contribution >= 4 is 32.6 Å². The molecule has 9 heteroatoms. The molecule has 0 saturated heterocycles. The zero-order valence-electron chi connectivity index (χ0n) is 17.7. The van der Waals surface area contributed by atoms with Gasteiger partial charge in [-0.15, -0.1) is 0 Å². The van der Waals surface area contributed by atoms with Gasteiger partial charge in [-0.05, 0) is 62.4 Å². The number of amides is 1. The highest BCUT2D eigenvalue weighted by Crippen LogP contribution is 2.29. The van der Waals surface area contributed by atoms with Crippen LogP contribution in [0, 0.1) is 6.92 Å². The number of methoxy groups -OCH3 is 1. The number of carbonyl (C=O) groups is 1. The molecule has 3 rings (SSSR count). The Hall–Kier alpha value is -3.17. The monoisotopic (exact) mass is 444 g/mol. The first-order chi connectivity index (χ1) is 14.7. The van der Waals surface area contributed by atoms with E-state index >= 15 is 0 Å². The van der Waals surface area contributed by atoms with Gasteiger partial charge in [-0.3, -0.25) is 4.79 Å². The van der Waals surface area contributed by atoms with Crippen molar-refractivity contribution in [1.29, 1.82) is 0 Å². The van der Waals surface area contributed by atoms with Crippen molar-refractivity contribution in [3.8, 4) is 5.75 Å². The van der Waals surface area contributed by atoms with Crippen LogP contribution in [0.4, 0.5) is 5.69 Å². The molecular weight excluding hydrogens is 420 g/mol. The maximum absolute atomic E-state index is 12.8. The van der Waals surface area contributed by atoms with E-state index in [1.165, 1.54) is 31.3 Å². The Morgan fingerprint density at radius 2 is 1.90 bits per heavy atom. The van der Waals surface area contributed by atoms with Crippen LogP contribution in [0.25, 0.3) is 11.0 Å². The van der Waals surface area contributed by atoms with Gasteiger partial charge in [0.25, 0.3) is 5.91 Å². The standard InChI is InChI=1S/C22H24N2O6S/c1-5-6-16-19(29-4)10-7-14-12-17(22(26)30-20(14)16)21(25)24-18-9-8-15(11-13(18)2)31(27,28)23-3/h7-12,23H,5-6H2,1-4H3,(H,24,25). The zero-order chi connectivity index (χ0) is 22.8. The number of benzene rings is 2. The van der Waals surface area contributed by atoms with E-state index < -0.39 is 21.6 Å². The number of nitrogens with one attached hydrogen (secondary N) is 2. The molecule has 0 aliphatic carbocycles. The van der Waals surface area contributed by atoms with Crippen LogP contribution < -0.4 is 20.4 Å². The number of ether oxygens (including phenoxy) is 1. The van der Waals surface area contributed by atoms with Gasteiger partial charge in [0, 0.05) is 16.6 Å². The average Bonchev–Trinajstić information content (AvgIpc) is 2.75. The third-order valence-corrected chi connectivity index (χ3v) is 6.36. The minimum Gasteiger partial charge on any atom is -0.496 e. The van der Waals surface area contributed by atoms with Crippen LogP contribution in [0.5, 0.6) is 5.75 Å². The largest absolute Gasteiger partial charge is 0.496 e. The second-order valence-corrected chi connectivity index (χ2v) is 8.89. The molecule has 1 amide bonds. The van der Waals surface area contributed by atoms with Crippen LogP contribution in [0.1, 0.15) is 34.8 Å². The summed E-state index contributed by atoms with van der Waals surface area (Å²) in [6.07, 6.45) is 1.50. The molecule has 0 aliphatic rings. The molecular formula is C22H24N2O6S. The Balaban J connectivity index is 1.98. The van der Waals surface area contributed by atoms with Gasteiger partial charge in [-0.1, -0.05) is 13.3 Å². The summed E-state index contributed by atoms with van der Waals surface area (Å²) < 4.78 is 37.0. The number of anilines is 1. The number of rotatable bonds is 7. The Morgan fingerprint density at radius 3 is 2.52 bits per heavy atom. The summed E-state index contributed by atoms with van der Waals surface area (Å²) in [4.78, 5) is 25.4. The van der Waals surface area contributed by atoms with Gasteiger partial charge in [0.1, 0.15) is 16.9 Å². The van der Waals surface area contributed by atoms with Gasteiger partial charge in [0.15, 0.2) is 0 Å². The van der Waals surface area contributed by atoms with Crippen LogP contribution in [0.3, 0.4) is 0 Å². The molecule has 0 radical (unpaired) electrons. The molecule has 0 spiro atoms. The van der Waals surface area contributed by atoms with E-state index in [2.05, 4.69) is 10.0 Å². The molecule has 3 aromatic rings. The van der Waals surface area contributed by atoms with Crippen molar-refractivity contribution in [2.75, 3.05) is 19.5 Å². The van der Waals surface area contributed by atoms with Crippen molar-refractivity contribution in [3.63, 3.8) is 0 Å². The molecule has 0 saturated carbocycles. The molecule has 8 nitrogen and oxygen atoms in total. The van der Waals surface area contributed by atoms with Gasteiger partial charge in [-0.25, -0.2) is 17.9 Å². The molecule has 2 N–H and O–H groups in total. The molecule has 0 atom stereocenters. The predicted octanol–water partition coefficient (Wildman–Crippen LogP) is 3.22. The lowest BCUT2D eigenvalue weighted by atomic mass is 10.0. The topological polar surface area (TPSA) is 115 Å². The number of hydrogen-bond donors (Lipinski definition) is 2. The molecule has 0 bridgehead atoms. The highest BCUT2D eigenvalue weighted by Gasteiger charge is 2.19. The van der Waals surface area contributed by atoms with Crippen LogP contribution in [-0.2, 0) is 16.4 Å². The van der Waals surface area contributed by atoms with Crippen molar-refractivity contribution in [2.45, 2.75) is 31.6 Å². The normalized spacial score (nSPS) is 11.5. The first kappa shape index (κ1) is 22.5. The van der Waals surface area contributed by atoms with E-state index in [9.17, 15) is 18.0 Å². The molecule has 2 aromatic carbocycles. The highest BCUT2D eigenvalue weighted by molar-refractivity contribution is 7.89. The first-order valence-corrected chi connectivity index (χ1v) is 11.2. The van der Waals surface area contributed by atoms with E-state index in [0.717, 1.165) is 12.0 Å². The number of aryl methyl sites for hydroxylation is 2. The average molecular weight is 445 g/mol. The van der Waals surface area contributed by atoms with Gasteiger partial charge in [0.05, 0.1) is 12.0 Å². The summed E-state index contributed by atoms with van der Waals surface area (Å²) in [5.74, 6) is -0.0160. The number of sulfonamides is 1. The summed E-state index contributed by atoms with van der Waals surface area (Å²) in [6.45, 7) is 3.67. The maximum Gasteiger partial charge on any atom is 0.349 e. The summed E-state index contributed by atoms with van der Waals surface area (Å²) in [5, 5.41) is 3.26. The van der Waals surface area contributed by atoms with Crippen molar-refractivity contribution in [1.82, 2.24) is 4.72 Å². The fraction of sp³-hybridized carbons (Fsp3) is 0.273. The van der Waals surface area contributed by atoms with Gasteiger partial charge >= 0.3 is 5.63 Å². The van der Waals surface area contributed by atoms with Gasteiger partial charge in [0.2, 0.25) is 10.0 Å². The van der Waals surface area contributed by atoms with Gasteiger partial charge < -0.3 is 14.5 Å². The quantitative estimate of drug-likeness (QED) is 0.541. The summed E-state index contributed by atoms with van der Waals surface area (Å²) in [7, 11) is -0.730. The number of carbonyl (C=O) groups excluding carboxylic acids is 1. The second kappa shape index (κ2) is 8.91. The first-order valence-electron chi connectivity index (χ1n) is 9.71. The van der Waals surface area contributed by atoms with Crippen LogP contribution >= 0.6 is 0 Å². The minimum atomic E-state index is -3.60. The highest BCUT2D eigenvalue weighted by atomic mass is 32.2. The Kier molecular flexibility index (Phi) is 6.47. The molecule has 0 fully saturated rings. The third kappa shape index (κ3) is 4.47. The Bertz CT molecular complexity index is 1310. The molecule has 1 heterocycles. The third-order valence-electron chi connectivity index (χ3n) is 4.95. The zero-order valence-corrected chi connectivity index (χ0v) is 18.6. The van der Waals surface area contributed by atoms with E-state index in [0.29, 0.717) is 34.4 Å². The molecule has 164 valence electrons. The molecule has 31 heavy (non-hydrogen) atoms. The predicted molar refractivity (Wildman–Crippen MR) is 118 cm³/mol. The lowest BCUT2D eigenvalue weighted by molar-refractivity contribution is 0.102. The van der Waals surface area contributed by atoms with Crippen LogP contribution in [-0.4, -0.2) is 28.5 Å². The summed E-state index contributed by atoms with van der Waals surface area (Å²) >= 11 is 0. The van der Waals surface area contributed by atoms with Crippen molar-refractivity contribution < 1.29 is 22.4 Å². The molecule has 0 unspecified atom stereocenters. The smallest absolute Gasteiger partial charge is 0.349 e. The Labute approximate surface area is 180 Å². The number of fused-ring (bicyclic) bond motifs is 1. The van der Waals surface area contributed by atoms with Crippen LogP contribution in [0.2, 0.25) is 0 Å². The lowest BCUT2D eigenvalue weighted by Crippen LogP contribution is -2.22.